The van der Waals surface area contributed by atoms with Gasteiger partial charge in [0.2, 0.25) is 0 Å². The number of hydrogen-bond acceptors (Lipinski definition) is 5. The van der Waals surface area contributed by atoms with Crippen LogP contribution in [0.2, 0.25) is 5.02 Å². The van der Waals surface area contributed by atoms with E-state index in [1.807, 2.05) is 6.92 Å². The van der Waals surface area contributed by atoms with Crippen LogP contribution in [0, 0.1) is 0 Å². The van der Waals surface area contributed by atoms with Gasteiger partial charge in [-0.2, -0.15) is 0 Å². The molecular weight excluding hydrogens is 284 g/mol. The van der Waals surface area contributed by atoms with Gasteiger partial charge in [-0.25, -0.2) is 0 Å². The molecule has 1 rings (SSSR count). The van der Waals surface area contributed by atoms with Gasteiger partial charge in [0.1, 0.15) is 18.5 Å². The van der Waals surface area contributed by atoms with Gasteiger partial charge >= 0.3 is 0 Å². The van der Waals surface area contributed by atoms with Crippen LogP contribution in [0.3, 0.4) is 0 Å². The maximum absolute atomic E-state index is 9.75. The second kappa shape index (κ2) is 9.15. The Morgan fingerprint density at radius 2 is 2.00 bits per heavy atom. The van der Waals surface area contributed by atoms with E-state index in [1.165, 1.54) is 0 Å². The highest BCUT2D eigenvalue weighted by Crippen LogP contribution is 2.25. The molecular formula is C14H21ClO5. The molecule has 0 heterocycles. The molecule has 0 spiro atoms. The summed E-state index contributed by atoms with van der Waals surface area (Å²) in [5, 5.41) is 19.1. The van der Waals surface area contributed by atoms with Gasteiger partial charge in [-0.1, -0.05) is 17.7 Å². The highest BCUT2D eigenvalue weighted by Gasteiger charge is 2.10. The van der Waals surface area contributed by atoms with E-state index in [9.17, 15) is 5.11 Å². The van der Waals surface area contributed by atoms with Crippen molar-refractivity contribution in [2.24, 2.45) is 0 Å². The summed E-state index contributed by atoms with van der Waals surface area (Å²) in [6, 6.07) is 5.00. The summed E-state index contributed by atoms with van der Waals surface area (Å²) < 4.78 is 15.7. The first kappa shape index (κ1) is 17.2. The SMILES string of the molecule is COCC(C)OCC(O)COc1ccc(CO)cc1Cl. The lowest BCUT2D eigenvalue weighted by molar-refractivity contribution is -0.0422. The van der Waals surface area contributed by atoms with Crippen LogP contribution in [-0.2, 0) is 16.1 Å². The highest BCUT2D eigenvalue weighted by molar-refractivity contribution is 6.32. The van der Waals surface area contributed by atoms with Crippen LogP contribution < -0.4 is 4.74 Å². The maximum atomic E-state index is 9.75. The number of aliphatic hydroxyl groups excluding tert-OH is 2. The van der Waals surface area contributed by atoms with E-state index < -0.39 is 6.10 Å². The summed E-state index contributed by atoms with van der Waals surface area (Å²) in [6.07, 6.45) is -0.829. The molecule has 6 heteroatoms. The molecule has 0 saturated heterocycles. The summed E-state index contributed by atoms with van der Waals surface area (Å²) >= 11 is 5.99. The zero-order chi connectivity index (χ0) is 15.0. The van der Waals surface area contributed by atoms with Gasteiger partial charge in [-0.15, -0.1) is 0 Å². The number of halogens is 1. The average molecular weight is 305 g/mol. The third kappa shape index (κ3) is 6.07. The Morgan fingerprint density at radius 3 is 2.60 bits per heavy atom. The molecule has 20 heavy (non-hydrogen) atoms. The Kier molecular flexibility index (Phi) is 7.87. The molecule has 0 amide bonds. The lowest BCUT2D eigenvalue weighted by Crippen LogP contribution is -2.27. The lowest BCUT2D eigenvalue weighted by atomic mass is 10.2. The van der Waals surface area contributed by atoms with Crippen molar-refractivity contribution in [2.45, 2.75) is 25.7 Å². The third-order valence-electron chi connectivity index (χ3n) is 2.58. The summed E-state index contributed by atoms with van der Waals surface area (Å²) in [5.74, 6) is 0.466. The van der Waals surface area contributed by atoms with Crippen molar-refractivity contribution < 1.29 is 24.4 Å². The monoisotopic (exact) mass is 304 g/mol. The largest absolute Gasteiger partial charge is 0.489 e. The Labute approximate surface area is 124 Å². The van der Waals surface area contributed by atoms with Crippen molar-refractivity contribution in [2.75, 3.05) is 26.9 Å². The molecule has 114 valence electrons. The Bertz CT molecular complexity index is 399. The van der Waals surface area contributed by atoms with Crippen LogP contribution in [0.4, 0.5) is 0 Å². The minimum atomic E-state index is -0.747. The van der Waals surface area contributed by atoms with E-state index in [0.717, 1.165) is 0 Å². The second-order valence-corrected chi connectivity index (χ2v) is 4.89. The number of rotatable bonds is 9. The van der Waals surface area contributed by atoms with Crippen molar-refractivity contribution >= 4 is 11.6 Å². The van der Waals surface area contributed by atoms with Crippen LogP contribution in [-0.4, -0.2) is 49.4 Å². The van der Waals surface area contributed by atoms with E-state index in [2.05, 4.69) is 0 Å². The van der Waals surface area contributed by atoms with E-state index in [-0.39, 0.29) is 25.9 Å². The molecule has 0 aliphatic carbocycles. The summed E-state index contributed by atoms with van der Waals surface area (Å²) in [5.41, 5.74) is 0.708. The zero-order valence-electron chi connectivity index (χ0n) is 11.7. The molecule has 0 aliphatic heterocycles. The van der Waals surface area contributed by atoms with Gasteiger partial charge in [0.25, 0.3) is 0 Å². The summed E-state index contributed by atoms with van der Waals surface area (Å²) in [7, 11) is 1.59. The number of methoxy groups -OCH3 is 1. The van der Waals surface area contributed by atoms with E-state index in [4.69, 9.17) is 30.9 Å². The van der Waals surface area contributed by atoms with E-state index in [0.29, 0.717) is 22.9 Å². The third-order valence-corrected chi connectivity index (χ3v) is 2.88. The fourth-order valence-electron chi connectivity index (χ4n) is 1.55. The first-order chi connectivity index (χ1) is 9.56. The van der Waals surface area contributed by atoms with Gasteiger partial charge in [0.15, 0.2) is 0 Å². The van der Waals surface area contributed by atoms with E-state index in [1.54, 1.807) is 25.3 Å². The molecule has 5 nitrogen and oxygen atoms in total. The topological polar surface area (TPSA) is 68.2 Å². The second-order valence-electron chi connectivity index (χ2n) is 4.49. The van der Waals surface area contributed by atoms with Gasteiger partial charge in [-0.05, 0) is 24.6 Å². The lowest BCUT2D eigenvalue weighted by Gasteiger charge is -2.17. The summed E-state index contributed by atoms with van der Waals surface area (Å²) in [4.78, 5) is 0. The molecule has 0 radical (unpaired) electrons. The Morgan fingerprint density at radius 1 is 1.25 bits per heavy atom. The fourth-order valence-corrected chi connectivity index (χ4v) is 1.81. The first-order valence-corrected chi connectivity index (χ1v) is 6.75. The van der Waals surface area contributed by atoms with Crippen molar-refractivity contribution in [1.29, 1.82) is 0 Å². The van der Waals surface area contributed by atoms with Crippen molar-refractivity contribution in [1.82, 2.24) is 0 Å². The molecule has 1 aromatic carbocycles. The van der Waals surface area contributed by atoms with Crippen molar-refractivity contribution in [3.05, 3.63) is 28.8 Å². The Hall–Kier alpha value is -0.850. The number of benzene rings is 1. The zero-order valence-corrected chi connectivity index (χ0v) is 12.5. The maximum Gasteiger partial charge on any atom is 0.138 e. The first-order valence-electron chi connectivity index (χ1n) is 6.37. The summed E-state index contributed by atoms with van der Waals surface area (Å²) in [6.45, 7) is 2.51. The van der Waals surface area contributed by atoms with Crippen LogP contribution in [0.5, 0.6) is 5.75 Å². The molecule has 2 N–H and O–H groups in total. The smallest absolute Gasteiger partial charge is 0.138 e. The highest BCUT2D eigenvalue weighted by atomic mass is 35.5. The normalized spacial score (nSPS) is 14.1. The van der Waals surface area contributed by atoms with Crippen LogP contribution >= 0.6 is 11.6 Å². The molecule has 2 unspecified atom stereocenters. The van der Waals surface area contributed by atoms with Crippen LogP contribution in [0.25, 0.3) is 0 Å². The van der Waals surface area contributed by atoms with Gasteiger partial charge in [-0.3, -0.25) is 0 Å². The molecule has 0 aromatic heterocycles. The molecule has 0 bridgehead atoms. The minimum Gasteiger partial charge on any atom is -0.489 e. The van der Waals surface area contributed by atoms with Crippen molar-refractivity contribution in [3.8, 4) is 5.75 Å². The number of hydrogen-bond donors (Lipinski definition) is 2. The number of aliphatic hydroxyl groups is 2. The average Bonchev–Trinajstić information content (AvgIpc) is 2.44. The molecule has 0 aliphatic rings. The standard InChI is InChI=1S/C14H21ClO5/c1-10(7-18-2)19-8-12(17)9-20-14-4-3-11(6-16)5-13(14)15/h3-5,10,12,16-17H,6-9H2,1-2H3. The molecule has 2 atom stereocenters. The van der Waals surface area contributed by atoms with Crippen molar-refractivity contribution in [3.63, 3.8) is 0 Å². The van der Waals surface area contributed by atoms with Gasteiger partial charge < -0.3 is 24.4 Å². The van der Waals surface area contributed by atoms with Crippen LogP contribution in [0.15, 0.2) is 18.2 Å². The molecule has 0 fully saturated rings. The predicted molar refractivity (Wildman–Crippen MR) is 76.2 cm³/mol. The fraction of sp³-hybridized carbons (Fsp3) is 0.571. The van der Waals surface area contributed by atoms with E-state index >= 15 is 0 Å². The quantitative estimate of drug-likeness (QED) is 0.726. The van der Waals surface area contributed by atoms with Gasteiger partial charge in [0.05, 0.1) is 30.9 Å². The predicted octanol–water partition coefficient (Wildman–Crippen LogP) is 1.62. The Balaban J connectivity index is 2.35. The molecule has 1 aromatic rings. The number of ether oxygens (including phenoxy) is 3. The van der Waals surface area contributed by atoms with Gasteiger partial charge in [0, 0.05) is 7.11 Å². The van der Waals surface area contributed by atoms with Crippen LogP contribution in [0.1, 0.15) is 12.5 Å². The minimum absolute atomic E-state index is 0.0755. The molecule has 0 saturated carbocycles.